The van der Waals surface area contributed by atoms with E-state index < -0.39 is 359 Å². The molecule has 8 fully saturated rings. The molecule has 9 heterocycles. The summed E-state index contributed by atoms with van der Waals surface area (Å²) in [4.78, 5) is 69.0. The maximum atomic E-state index is 13.4. The number of carbonyl (C=O) groups excluding carboxylic acids is 5. The van der Waals surface area contributed by atoms with E-state index in [2.05, 4.69) is 36.9 Å². The molecule has 8 aliphatic rings. The van der Waals surface area contributed by atoms with E-state index in [0.29, 0.717) is 0 Å². The molecule has 0 radical (unpaired) electrons. The van der Waals surface area contributed by atoms with E-state index in [1.54, 1.807) is 12.1 Å². The van der Waals surface area contributed by atoms with Crippen molar-refractivity contribution < 1.29 is 222 Å². The molecule has 30 N–H and O–H groups in total. The predicted octanol–water partition coefficient (Wildman–Crippen LogP) is -18.8. The number of pyridine rings is 1. The third-order valence-corrected chi connectivity index (χ3v) is 21.4. The fraction of sp³-hybridized carbons (Fsp3) is 0.855. The van der Waals surface area contributed by atoms with Gasteiger partial charge < -0.3 is 230 Å². The number of nitrogens with zero attached hydrogens (tertiary/aromatic N) is 1. The molecule has 0 unspecified atom stereocenters. The van der Waals surface area contributed by atoms with E-state index in [-0.39, 0.29) is 12.4 Å². The smallest absolute Gasteiger partial charge is 0.217 e. The van der Waals surface area contributed by atoms with Crippen LogP contribution >= 0.6 is 0 Å². The molecule has 9 rings (SSSR count). The van der Waals surface area contributed by atoms with Gasteiger partial charge in [0.25, 0.3) is 0 Å². The van der Waals surface area contributed by atoms with Gasteiger partial charge in [0.2, 0.25) is 29.5 Å². The summed E-state index contributed by atoms with van der Waals surface area (Å²) in [5.41, 5.74) is 0. The zero-order valence-electron chi connectivity index (χ0n) is 65.5. The summed E-state index contributed by atoms with van der Waals surface area (Å²) < 4.78 is 98.5. The Morgan fingerprint density at radius 2 is 0.736 bits per heavy atom. The number of amides is 5. The Labute approximate surface area is 687 Å². The molecular formula is C69H113N7O45. The van der Waals surface area contributed by atoms with E-state index in [1.165, 1.54) is 12.3 Å². The third kappa shape index (κ3) is 23.6. The number of nitrogens with one attached hydrogen (secondary N) is 6. The molecular weight excluding hydrogens is 1650 g/mol. The first kappa shape index (κ1) is 99.5. The zero-order chi connectivity index (χ0) is 89.0. The van der Waals surface area contributed by atoms with E-state index in [4.69, 9.17) is 75.8 Å². The number of hydrogen-bond donors (Lipinski definition) is 30. The molecule has 0 bridgehead atoms. The van der Waals surface area contributed by atoms with Crippen molar-refractivity contribution in [2.45, 2.75) is 304 Å². The summed E-state index contributed by atoms with van der Waals surface area (Å²) in [5.74, 6) is -4.38. The van der Waals surface area contributed by atoms with Crippen molar-refractivity contribution in [1.29, 1.82) is 0 Å². The van der Waals surface area contributed by atoms with E-state index in [9.17, 15) is 147 Å². The van der Waals surface area contributed by atoms with Crippen LogP contribution in [0.2, 0.25) is 0 Å². The van der Waals surface area contributed by atoms with Crippen molar-refractivity contribution >= 4 is 35.4 Å². The van der Waals surface area contributed by atoms with Gasteiger partial charge in [0.05, 0.1) is 65.5 Å². The molecule has 1 aromatic heterocycles. The van der Waals surface area contributed by atoms with Crippen LogP contribution in [0.15, 0.2) is 24.4 Å². The molecule has 8 saturated heterocycles. The quantitative estimate of drug-likeness (QED) is 0.0297. The van der Waals surface area contributed by atoms with Crippen LogP contribution in [0.3, 0.4) is 0 Å². The van der Waals surface area contributed by atoms with Crippen LogP contribution in [0.25, 0.3) is 0 Å². The summed E-state index contributed by atoms with van der Waals surface area (Å²) in [5, 5.41) is 287. The van der Waals surface area contributed by atoms with Gasteiger partial charge in [-0.2, -0.15) is 0 Å². The second kappa shape index (κ2) is 44.9. The Morgan fingerprint density at radius 3 is 1.19 bits per heavy atom. The largest absolute Gasteiger partial charge is 0.394 e. The fourth-order valence-corrected chi connectivity index (χ4v) is 15.2. The molecule has 8 aliphatic heterocycles. The predicted molar refractivity (Wildman–Crippen MR) is 383 cm³/mol. The van der Waals surface area contributed by atoms with Crippen molar-refractivity contribution in [3.05, 3.63) is 24.4 Å². The van der Waals surface area contributed by atoms with Gasteiger partial charge in [-0.1, -0.05) is 6.07 Å². The molecule has 121 heavy (non-hydrogen) atoms. The van der Waals surface area contributed by atoms with Gasteiger partial charge in [-0.05, 0) is 12.1 Å². The number of ether oxygens (including phenoxy) is 16. The first-order valence-corrected chi connectivity index (χ1v) is 38.6. The van der Waals surface area contributed by atoms with Crippen LogP contribution in [0.5, 0.6) is 0 Å². The molecule has 0 aromatic carbocycles. The third-order valence-electron chi connectivity index (χ3n) is 21.4. The van der Waals surface area contributed by atoms with Crippen LogP contribution in [0.4, 0.5) is 5.82 Å². The van der Waals surface area contributed by atoms with E-state index >= 15 is 0 Å². The van der Waals surface area contributed by atoms with Crippen LogP contribution < -0.4 is 31.9 Å². The molecule has 52 heteroatoms. The van der Waals surface area contributed by atoms with Gasteiger partial charge in [-0.25, -0.2) is 4.98 Å². The highest BCUT2D eigenvalue weighted by molar-refractivity contribution is 5.75. The number of aliphatic hydroxyl groups is 24. The molecule has 0 aliphatic carbocycles. The van der Waals surface area contributed by atoms with Gasteiger partial charge in [0, 0.05) is 47.4 Å². The lowest BCUT2D eigenvalue weighted by Gasteiger charge is -2.53. The second-order valence-corrected chi connectivity index (χ2v) is 30.1. The minimum absolute atomic E-state index is 0.224. The minimum Gasteiger partial charge on any atom is -0.394 e. The molecule has 5 amide bonds. The molecule has 1 aromatic rings. The molecule has 694 valence electrons. The van der Waals surface area contributed by atoms with Crippen molar-refractivity contribution in [3.8, 4) is 0 Å². The monoisotopic (exact) mass is 1760 g/mol. The first-order chi connectivity index (χ1) is 57.4. The fourth-order valence-electron chi connectivity index (χ4n) is 15.2. The van der Waals surface area contributed by atoms with Gasteiger partial charge >= 0.3 is 0 Å². The highest BCUT2D eigenvalue weighted by atomic mass is 16.8. The summed E-state index contributed by atoms with van der Waals surface area (Å²) in [6.45, 7) is -6.24. The van der Waals surface area contributed by atoms with Gasteiger partial charge in [0.15, 0.2) is 50.3 Å². The van der Waals surface area contributed by atoms with Gasteiger partial charge in [0.1, 0.15) is 219 Å². The van der Waals surface area contributed by atoms with Gasteiger partial charge in [-0.3, -0.25) is 24.0 Å². The minimum atomic E-state index is -2.77. The number of rotatable bonds is 36. The van der Waals surface area contributed by atoms with E-state index in [0.717, 1.165) is 34.6 Å². The Balaban J connectivity index is 1.19. The highest BCUT2D eigenvalue weighted by Crippen LogP contribution is 2.41. The summed E-state index contributed by atoms with van der Waals surface area (Å²) >= 11 is 0. The molecule has 0 spiro atoms. The van der Waals surface area contributed by atoms with Crippen molar-refractivity contribution in [1.82, 2.24) is 31.6 Å². The molecule has 0 saturated carbocycles. The van der Waals surface area contributed by atoms with Gasteiger partial charge in [-0.15, -0.1) is 0 Å². The van der Waals surface area contributed by atoms with Crippen molar-refractivity contribution in [3.63, 3.8) is 0 Å². The summed E-state index contributed by atoms with van der Waals surface area (Å²) in [6.07, 6.45) is -84.4. The standard InChI is InChI=1S/C69H113N7O45/c1-20(85)72-25(10-71-35-8-6-7-9-70-35)40(91)55(26(90)11-77)115-65-39(76-24(5)89)49(100)56(32(17-83)112-65)117-68-54(105)60(120-69-61(121-64-38(75-23(4)88)48(99)43(94)29(14-80)109-64)52(103)57(33(18-84)113-69)116-62-36(73-21(2)86)46(97)41(92)27(12-78)107-62)58(118-63-37(74-22(3)87)47(98)42(93)28(13-79)108-63)34(114-68)19-106-66-53(104)59(45(96)31(16-82)110-66)119-67-51(102)50(101)44(95)30(15-81)111-67/h6-9,25-34,36-69,77-84,90-105H,10-19H2,1-5H3,(H,70,71)(H,72,85)(H,73,86)(H,74,87)(H,75,88)(H,76,89)/t25-,26+,27+,28+,29+,30+,31+,32+,33+,34+,36+,37+,38+,39+,40+,41+,42+,43+,44+,45+,46+,47+,48+,49+,50-,51-,52-,53-,54-,55+,56+,57+,58+,59-,60+,61-,62-,63-,64-,65-,66-,67+,68-,69+/m0/s1. The van der Waals surface area contributed by atoms with Crippen LogP contribution in [0.1, 0.15) is 34.6 Å². The molecule has 52 nitrogen and oxygen atoms in total. The SMILES string of the molecule is CC(=O)N[C@H]1[C@H](O[C@@H]([C@H](O)[C@H](CNc2ccccn2)NC(C)=O)[C@H](O)CO)O[C@H](CO)[C@@H](O[C@@H]2O[C@H](CO[C@H]3O[C@H](CO)[C@@H](O)[C@H](O[C@H]4O[C@H](CO)[C@@H](O)[C@H](O)[C@@H]4O)[C@@H]3O)[C@@H](O[C@@H]3O[C@H](CO)[C@@H](O)[C@H](O)[C@H]3NC(C)=O)[C@H](O[C@H]3O[C@H](CO)[C@@H](O[C@@H]4O[C@H](CO)[C@@H](O)[C@H](O)[C@H]4NC(C)=O)[C@H](O)[C@@H]3O[C@@H]3O[C@H](CO)[C@@H](O)[C@H](O)[C@H]3NC(C)=O)[C@@H]2O)[C@@H]1O. The maximum absolute atomic E-state index is 13.4. The average Bonchev–Trinajstić information content (AvgIpc) is 0.772. The Bertz CT molecular complexity index is 3390. The van der Waals surface area contributed by atoms with Crippen molar-refractivity contribution in [2.24, 2.45) is 0 Å². The summed E-state index contributed by atoms with van der Waals surface area (Å²) in [6, 6.07) is -4.63. The van der Waals surface area contributed by atoms with Crippen LogP contribution in [0, 0.1) is 0 Å². The number of aromatic nitrogens is 1. The van der Waals surface area contributed by atoms with Crippen LogP contribution in [-0.4, -0.2) is 493 Å². The van der Waals surface area contributed by atoms with E-state index in [1.807, 2.05) is 0 Å². The Morgan fingerprint density at radius 1 is 0.364 bits per heavy atom. The number of anilines is 1. The normalized spacial score (nSPS) is 43.3. The van der Waals surface area contributed by atoms with Crippen LogP contribution in [-0.2, 0) is 99.8 Å². The van der Waals surface area contributed by atoms with Crippen molar-refractivity contribution in [2.75, 3.05) is 71.3 Å². The average molecular weight is 1760 g/mol. The molecule has 44 atom stereocenters. The highest BCUT2D eigenvalue weighted by Gasteiger charge is 2.62. The Kier molecular flexibility index (Phi) is 36.9. The number of hydrogen-bond acceptors (Lipinski definition) is 47. The zero-order valence-corrected chi connectivity index (χ0v) is 65.5. The number of carbonyl (C=O) groups is 5. The topological polar surface area (TPSA) is 804 Å². The first-order valence-electron chi connectivity index (χ1n) is 38.6. The Hall–Kier alpha value is -5.30. The lowest BCUT2D eigenvalue weighted by molar-refractivity contribution is -0.411. The maximum Gasteiger partial charge on any atom is 0.217 e. The summed E-state index contributed by atoms with van der Waals surface area (Å²) in [7, 11) is 0. The second-order valence-electron chi connectivity index (χ2n) is 30.1. The lowest BCUT2D eigenvalue weighted by Crippen LogP contribution is -2.72. The number of aliphatic hydroxyl groups excluding tert-OH is 24. The lowest BCUT2D eigenvalue weighted by atomic mass is 9.93.